The van der Waals surface area contributed by atoms with E-state index in [2.05, 4.69) is 27.3 Å². The van der Waals surface area contributed by atoms with Gasteiger partial charge in [-0.25, -0.2) is 0 Å². The number of piperidine rings is 1. The molecular formula is C17H28N4O3. The summed E-state index contributed by atoms with van der Waals surface area (Å²) in [6, 6.07) is 0.299. The number of nitrogens with zero attached hydrogens (tertiary/aromatic N) is 3. The summed E-state index contributed by atoms with van der Waals surface area (Å²) in [5.41, 5.74) is 0. The standard InChI is InChI=1S/C17H28N4O3/c1-2-3-4-15-19-14(20-24-15)11-21-9-7-12(8-10-21)16(22)17(23)18-13-5-6-13/h12-13,16,22H,2-11H2,1H3,(H,18,23)/t16-/m0/s1. The molecule has 3 rings (SSSR count). The third-order valence-corrected chi connectivity index (χ3v) is 4.89. The molecule has 2 heterocycles. The number of aryl methyl sites for hydroxylation is 1. The summed E-state index contributed by atoms with van der Waals surface area (Å²) in [4.78, 5) is 18.6. The molecule has 2 N–H and O–H groups in total. The molecule has 0 aromatic carbocycles. The molecule has 24 heavy (non-hydrogen) atoms. The zero-order chi connectivity index (χ0) is 16.9. The van der Waals surface area contributed by atoms with Crippen LogP contribution in [-0.2, 0) is 17.8 Å². The largest absolute Gasteiger partial charge is 0.383 e. The van der Waals surface area contributed by atoms with Crippen LogP contribution in [-0.4, -0.2) is 51.3 Å². The van der Waals surface area contributed by atoms with E-state index < -0.39 is 6.10 Å². The summed E-state index contributed by atoms with van der Waals surface area (Å²) in [6.45, 7) is 4.50. The maximum Gasteiger partial charge on any atom is 0.249 e. The van der Waals surface area contributed by atoms with Crippen molar-refractivity contribution in [3.05, 3.63) is 11.7 Å². The predicted octanol–water partition coefficient (Wildman–Crippen LogP) is 1.26. The van der Waals surface area contributed by atoms with Gasteiger partial charge in [0.25, 0.3) is 0 Å². The van der Waals surface area contributed by atoms with Crippen molar-refractivity contribution in [3.8, 4) is 0 Å². The third kappa shape index (κ3) is 4.77. The minimum absolute atomic E-state index is 0.0467. The molecule has 0 spiro atoms. The minimum Gasteiger partial charge on any atom is -0.383 e. The van der Waals surface area contributed by atoms with E-state index in [1.165, 1.54) is 0 Å². The molecule has 1 aliphatic heterocycles. The molecule has 1 aromatic rings. The van der Waals surface area contributed by atoms with Crippen molar-refractivity contribution >= 4 is 5.91 Å². The normalized spacial score (nSPS) is 20.9. The number of carbonyl (C=O) groups is 1. The number of aromatic nitrogens is 2. The lowest BCUT2D eigenvalue weighted by Gasteiger charge is -2.33. The van der Waals surface area contributed by atoms with Crippen molar-refractivity contribution in [1.82, 2.24) is 20.4 Å². The summed E-state index contributed by atoms with van der Waals surface area (Å²) in [5.74, 6) is 1.29. The van der Waals surface area contributed by atoms with Crippen LogP contribution >= 0.6 is 0 Å². The third-order valence-electron chi connectivity index (χ3n) is 4.89. The fraction of sp³-hybridized carbons (Fsp3) is 0.824. The summed E-state index contributed by atoms with van der Waals surface area (Å²) < 4.78 is 5.26. The van der Waals surface area contributed by atoms with E-state index in [9.17, 15) is 9.90 Å². The van der Waals surface area contributed by atoms with Crippen molar-refractivity contribution in [2.45, 2.75) is 70.6 Å². The maximum atomic E-state index is 11.9. The van der Waals surface area contributed by atoms with Crippen molar-refractivity contribution in [2.24, 2.45) is 5.92 Å². The van der Waals surface area contributed by atoms with Gasteiger partial charge in [0.2, 0.25) is 11.8 Å². The second-order valence-electron chi connectivity index (χ2n) is 7.05. The summed E-state index contributed by atoms with van der Waals surface area (Å²) in [5, 5.41) is 17.1. The van der Waals surface area contributed by atoms with Gasteiger partial charge in [-0.15, -0.1) is 0 Å². The van der Waals surface area contributed by atoms with E-state index in [-0.39, 0.29) is 11.8 Å². The van der Waals surface area contributed by atoms with Crippen LogP contribution in [0.4, 0.5) is 0 Å². The van der Waals surface area contributed by atoms with E-state index in [1.54, 1.807) is 0 Å². The van der Waals surface area contributed by atoms with Crippen molar-refractivity contribution in [1.29, 1.82) is 0 Å². The molecule has 1 aliphatic carbocycles. The first-order valence-corrected chi connectivity index (χ1v) is 9.18. The first-order chi connectivity index (χ1) is 11.7. The zero-order valence-corrected chi connectivity index (χ0v) is 14.4. The Morgan fingerprint density at radius 1 is 1.38 bits per heavy atom. The van der Waals surface area contributed by atoms with Crippen LogP contribution < -0.4 is 5.32 Å². The number of hydrogen-bond acceptors (Lipinski definition) is 6. The number of carbonyl (C=O) groups excluding carboxylic acids is 1. The Labute approximate surface area is 142 Å². The Morgan fingerprint density at radius 2 is 2.12 bits per heavy atom. The van der Waals surface area contributed by atoms with Gasteiger partial charge in [0.15, 0.2) is 5.82 Å². The molecule has 0 radical (unpaired) electrons. The lowest BCUT2D eigenvalue weighted by molar-refractivity contribution is -0.133. The van der Waals surface area contributed by atoms with Crippen LogP contribution in [0.1, 0.15) is 57.2 Å². The number of hydrogen-bond donors (Lipinski definition) is 2. The molecule has 1 amide bonds. The van der Waals surface area contributed by atoms with Gasteiger partial charge < -0.3 is 14.9 Å². The first-order valence-electron chi connectivity index (χ1n) is 9.18. The molecule has 0 unspecified atom stereocenters. The molecule has 1 saturated heterocycles. The molecular weight excluding hydrogens is 308 g/mol. The highest BCUT2D eigenvalue weighted by Crippen LogP contribution is 2.24. The highest BCUT2D eigenvalue weighted by Gasteiger charge is 2.33. The van der Waals surface area contributed by atoms with Crippen LogP contribution in [0, 0.1) is 5.92 Å². The monoisotopic (exact) mass is 336 g/mol. The van der Waals surface area contributed by atoms with Gasteiger partial charge in [0.1, 0.15) is 6.10 Å². The summed E-state index contributed by atoms with van der Waals surface area (Å²) >= 11 is 0. The van der Waals surface area contributed by atoms with Crippen LogP contribution in [0.2, 0.25) is 0 Å². The number of likely N-dealkylation sites (tertiary alicyclic amines) is 1. The van der Waals surface area contributed by atoms with Crippen molar-refractivity contribution in [3.63, 3.8) is 0 Å². The summed E-state index contributed by atoms with van der Waals surface area (Å²) in [7, 11) is 0. The van der Waals surface area contributed by atoms with Gasteiger partial charge >= 0.3 is 0 Å². The number of unbranched alkanes of at least 4 members (excludes halogenated alkanes) is 1. The smallest absolute Gasteiger partial charge is 0.249 e. The second-order valence-corrected chi connectivity index (χ2v) is 7.05. The molecule has 1 aromatic heterocycles. The molecule has 134 valence electrons. The van der Waals surface area contributed by atoms with Crippen LogP contribution in [0.15, 0.2) is 4.52 Å². The Hall–Kier alpha value is -1.47. The van der Waals surface area contributed by atoms with Gasteiger partial charge in [0, 0.05) is 12.5 Å². The Kier molecular flexibility index (Phi) is 5.84. The fourth-order valence-corrected chi connectivity index (χ4v) is 3.14. The Morgan fingerprint density at radius 3 is 2.79 bits per heavy atom. The molecule has 7 nitrogen and oxygen atoms in total. The van der Waals surface area contributed by atoms with E-state index in [0.717, 1.165) is 63.9 Å². The lowest BCUT2D eigenvalue weighted by Crippen LogP contribution is -2.45. The second kappa shape index (κ2) is 8.07. The SMILES string of the molecule is CCCCc1nc(CN2CCC([C@H](O)C(=O)NC3CC3)CC2)no1. The molecule has 1 saturated carbocycles. The van der Waals surface area contributed by atoms with Gasteiger partial charge in [-0.05, 0) is 51.1 Å². The lowest BCUT2D eigenvalue weighted by atomic mass is 9.90. The quantitative estimate of drug-likeness (QED) is 0.743. The number of amides is 1. The van der Waals surface area contributed by atoms with E-state index in [0.29, 0.717) is 18.5 Å². The highest BCUT2D eigenvalue weighted by atomic mass is 16.5. The zero-order valence-electron chi connectivity index (χ0n) is 14.4. The van der Waals surface area contributed by atoms with Gasteiger partial charge in [-0.3, -0.25) is 9.69 Å². The number of aliphatic hydroxyl groups excluding tert-OH is 1. The average Bonchev–Trinajstić information content (AvgIpc) is 3.30. The van der Waals surface area contributed by atoms with E-state index in [1.807, 2.05) is 0 Å². The van der Waals surface area contributed by atoms with Crippen molar-refractivity contribution in [2.75, 3.05) is 13.1 Å². The maximum absolute atomic E-state index is 11.9. The van der Waals surface area contributed by atoms with Gasteiger partial charge in [0.05, 0.1) is 6.54 Å². The molecule has 2 fully saturated rings. The average molecular weight is 336 g/mol. The molecule has 1 atom stereocenters. The molecule has 2 aliphatic rings. The summed E-state index contributed by atoms with van der Waals surface area (Å²) in [6.07, 6.45) is 5.87. The number of aliphatic hydroxyl groups is 1. The first kappa shape index (κ1) is 17.4. The van der Waals surface area contributed by atoms with Crippen LogP contribution in [0.3, 0.4) is 0 Å². The van der Waals surface area contributed by atoms with E-state index >= 15 is 0 Å². The predicted molar refractivity (Wildman–Crippen MR) is 88.1 cm³/mol. The number of rotatable bonds is 8. The highest BCUT2D eigenvalue weighted by molar-refractivity contribution is 5.81. The topological polar surface area (TPSA) is 91.5 Å². The molecule has 7 heteroatoms. The minimum atomic E-state index is -0.876. The number of nitrogens with one attached hydrogen (secondary N) is 1. The molecule has 0 bridgehead atoms. The van der Waals surface area contributed by atoms with Gasteiger partial charge in [-0.1, -0.05) is 18.5 Å². The fourth-order valence-electron chi connectivity index (χ4n) is 3.14. The van der Waals surface area contributed by atoms with E-state index in [4.69, 9.17) is 4.52 Å². The van der Waals surface area contributed by atoms with Crippen molar-refractivity contribution < 1.29 is 14.4 Å². The van der Waals surface area contributed by atoms with Gasteiger partial charge in [-0.2, -0.15) is 4.98 Å². The Balaban J connectivity index is 1.41. The van der Waals surface area contributed by atoms with Crippen LogP contribution in [0.5, 0.6) is 0 Å². The van der Waals surface area contributed by atoms with Crippen LogP contribution in [0.25, 0.3) is 0 Å². The Bertz CT molecular complexity index is 536.